The highest BCUT2D eigenvalue weighted by Gasteiger charge is 2.23. The number of thiophene rings is 1. The number of halogens is 1. The minimum absolute atomic E-state index is 0.590. The van der Waals surface area contributed by atoms with E-state index >= 15 is 0 Å². The second-order valence-corrected chi connectivity index (χ2v) is 6.42. The molecule has 1 unspecified atom stereocenters. The van der Waals surface area contributed by atoms with Gasteiger partial charge in [0.1, 0.15) is 10.4 Å². The maximum absolute atomic E-state index is 4.70. The molecule has 1 atom stereocenters. The van der Waals surface area contributed by atoms with Crippen molar-refractivity contribution in [2.45, 2.75) is 38.6 Å². The molecule has 0 saturated carbocycles. The molecule has 0 N–H and O–H groups in total. The van der Waals surface area contributed by atoms with Gasteiger partial charge in [0.2, 0.25) is 0 Å². The monoisotopic (exact) mass is 310 g/mol. The fraction of sp³-hybridized carbons (Fsp3) is 0.462. The Balaban J connectivity index is 2.00. The highest BCUT2D eigenvalue weighted by molar-refractivity contribution is 9.10. The van der Waals surface area contributed by atoms with E-state index in [-0.39, 0.29) is 0 Å². The summed E-state index contributed by atoms with van der Waals surface area (Å²) in [5, 5.41) is 2.13. The summed E-state index contributed by atoms with van der Waals surface area (Å²) in [5.41, 5.74) is 1.38. The molecule has 1 aliphatic heterocycles. The quantitative estimate of drug-likeness (QED) is 0.813. The number of hydrogen-bond acceptors (Lipinski definition) is 2. The van der Waals surface area contributed by atoms with E-state index in [1.165, 1.54) is 29.2 Å². The Bertz CT molecular complexity index is 516. The SMILES string of the molecule is CC1CCCc2c(Br)nc(Cc3cccs3)n21. The van der Waals surface area contributed by atoms with Crippen LogP contribution in [0.15, 0.2) is 22.1 Å². The predicted octanol–water partition coefficient (Wildman–Crippen LogP) is 4.20. The Labute approximate surface area is 114 Å². The van der Waals surface area contributed by atoms with Crippen LogP contribution in [0.1, 0.15) is 42.2 Å². The van der Waals surface area contributed by atoms with Gasteiger partial charge in [0, 0.05) is 17.3 Å². The molecule has 0 radical (unpaired) electrons. The van der Waals surface area contributed by atoms with Crippen LogP contribution in [0.4, 0.5) is 0 Å². The van der Waals surface area contributed by atoms with Crippen molar-refractivity contribution in [1.29, 1.82) is 0 Å². The fourth-order valence-corrected chi connectivity index (χ4v) is 3.91. The van der Waals surface area contributed by atoms with Crippen molar-refractivity contribution in [1.82, 2.24) is 9.55 Å². The summed E-state index contributed by atoms with van der Waals surface area (Å²) < 4.78 is 3.49. The summed E-state index contributed by atoms with van der Waals surface area (Å²) in [6, 6.07) is 4.89. The van der Waals surface area contributed by atoms with Crippen molar-refractivity contribution in [2.75, 3.05) is 0 Å². The summed E-state index contributed by atoms with van der Waals surface area (Å²) in [6.45, 7) is 2.30. The van der Waals surface area contributed by atoms with Gasteiger partial charge in [-0.15, -0.1) is 11.3 Å². The lowest BCUT2D eigenvalue weighted by Gasteiger charge is -2.24. The van der Waals surface area contributed by atoms with Gasteiger partial charge in [0.25, 0.3) is 0 Å². The zero-order valence-corrected chi connectivity index (χ0v) is 12.2. The van der Waals surface area contributed by atoms with Crippen molar-refractivity contribution in [2.24, 2.45) is 0 Å². The zero-order chi connectivity index (χ0) is 11.8. The standard InChI is InChI=1S/C13H15BrN2S/c1-9-4-2-6-11-13(14)15-12(16(9)11)8-10-5-3-7-17-10/h3,5,7,9H,2,4,6,8H2,1H3. The Morgan fingerprint density at radius 1 is 1.59 bits per heavy atom. The molecule has 0 fully saturated rings. The number of hydrogen-bond donors (Lipinski definition) is 0. The van der Waals surface area contributed by atoms with Crippen molar-refractivity contribution in [3.05, 3.63) is 38.5 Å². The first-order valence-electron chi connectivity index (χ1n) is 6.03. The summed E-state index contributed by atoms with van der Waals surface area (Å²) in [5.74, 6) is 1.21. The minimum Gasteiger partial charge on any atom is -0.328 e. The molecule has 0 amide bonds. The van der Waals surface area contributed by atoms with Crippen LogP contribution in [-0.4, -0.2) is 9.55 Å². The van der Waals surface area contributed by atoms with Crippen LogP contribution in [0, 0.1) is 0 Å². The number of aromatic nitrogens is 2. The zero-order valence-electron chi connectivity index (χ0n) is 9.82. The first-order chi connectivity index (χ1) is 8.25. The Morgan fingerprint density at radius 3 is 3.24 bits per heavy atom. The van der Waals surface area contributed by atoms with Crippen LogP contribution < -0.4 is 0 Å². The average Bonchev–Trinajstić information content (AvgIpc) is 2.90. The number of rotatable bonds is 2. The lowest BCUT2D eigenvalue weighted by Crippen LogP contribution is -2.17. The van der Waals surface area contributed by atoms with Crippen LogP contribution in [0.5, 0.6) is 0 Å². The van der Waals surface area contributed by atoms with E-state index in [1.807, 2.05) is 11.3 Å². The summed E-state index contributed by atoms with van der Waals surface area (Å²) in [4.78, 5) is 6.10. The maximum Gasteiger partial charge on any atom is 0.127 e. The van der Waals surface area contributed by atoms with Crippen LogP contribution in [0.3, 0.4) is 0 Å². The van der Waals surface area contributed by atoms with Gasteiger partial charge in [-0.1, -0.05) is 6.07 Å². The maximum atomic E-state index is 4.70. The molecule has 0 aliphatic carbocycles. The number of fused-ring (bicyclic) bond motifs is 1. The van der Waals surface area contributed by atoms with E-state index in [2.05, 4.69) is 44.9 Å². The number of nitrogens with zero attached hydrogens (tertiary/aromatic N) is 2. The molecule has 2 nitrogen and oxygen atoms in total. The van der Waals surface area contributed by atoms with Crippen molar-refractivity contribution < 1.29 is 0 Å². The topological polar surface area (TPSA) is 17.8 Å². The smallest absolute Gasteiger partial charge is 0.127 e. The van der Waals surface area contributed by atoms with Crippen molar-refractivity contribution >= 4 is 27.3 Å². The first kappa shape index (κ1) is 11.5. The van der Waals surface area contributed by atoms with Crippen LogP contribution >= 0.6 is 27.3 Å². The Kier molecular flexibility index (Phi) is 3.09. The molecule has 0 saturated heterocycles. The van der Waals surface area contributed by atoms with Crippen molar-refractivity contribution in [3.63, 3.8) is 0 Å². The highest BCUT2D eigenvalue weighted by atomic mass is 79.9. The van der Waals surface area contributed by atoms with Gasteiger partial charge in [0.05, 0.1) is 5.69 Å². The third-order valence-electron chi connectivity index (χ3n) is 3.42. The van der Waals surface area contributed by atoms with E-state index in [9.17, 15) is 0 Å². The molecule has 2 aromatic rings. The van der Waals surface area contributed by atoms with Crippen LogP contribution in [0.2, 0.25) is 0 Å². The van der Waals surface area contributed by atoms with E-state index < -0.39 is 0 Å². The minimum atomic E-state index is 0.590. The van der Waals surface area contributed by atoms with Crippen LogP contribution in [0.25, 0.3) is 0 Å². The van der Waals surface area contributed by atoms with E-state index in [1.54, 1.807) is 0 Å². The lowest BCUT2D eigenvalue weighted by atomic mass is 10.0. The second-order valence-electron chi connectivity index (χ2n) is 4.63. The molecule has 2 aromatic heterocycles. The summed E-state index contributed by atoms with van der Waals surface area (Å²) >= 11 is 5.42. The predicted molar refractivity (Wildman–Crippen MR) is 74.7 cm³/mol. The third kappa shape index (κ3) is 2.08. The molecule has 17 heavy (non-hydrogen) atoms. The molecule has 90 valence electrons. The molecular weight excluding hydrogens is 296 g/mol. The van der Waals surface area contributed by atoms with Crippen LogP contribution in [-0.2, 0) is 12.8 Å². The first-order valence-corrected chi connectivity index (χ1v) is 7.71. The Morgan fingerprint density at radius 2 is 2.47 bits per heavy atom. The molecule has 1 aliphatic rings. The molecule has 0 bridgehead atoms. The average molecular weight is 311 g/mol. The van der Waals surface area contributed by atoms with Gasteiger partial charge in [-0.25, -0.2) is 4.98 Å². The molecule has 0 aromatic carbocycles. The largest absolute Gasteiger partial charge is 0.328 e. The van der Waals surface area contributed by atoms with Gasteiger partial charge in [-0.05, 0) is 53.6 Å². The van der Waals surface area contributed by atoms with E-state index in [0.29, 0.717) is 6.04 Å². The molecule has 0 spiro atoms. The van der Waals surface area contributed by atoms with E-state index in [0.717, 1.165) is 17.4 Å². The second kappa shape index (κ2) is 4.58. The number of imidazole rings is 1. The van der Waals surface area contributed by atoms with Gasteiger partial charge in [-0.2, -0.15) is 0 Å². The lowest BCUT2D eigenvalue weighted by molar-refractivity contribution is 0.420. The highest BCUT2D eigenvalue weighted by Crippen LogP contribution is 2.32. The van der Waals surface area contributed by atoms with Gasteiger partial charge in [-0.3, -0.25) is 0 Å². The molecular formula is C13H15BrN2S. The van der Waals surface area contributed by atoms with Gasteiger partial charge in [0.15, 0.2) is 0 Å². The fourth-order valence-electron chi connectivity index (χ4n) is 2.62. The molecule has 3 rings (SSSR count). The van der Waals surface area contributed by atoms with E-state index in [4.69, 9.17) is 4.98 Å². The molecule has 3 heterocycles. The van der Waals surface area contributed by atoms with Gasteiger partial charge < -0.3 is 4.57 Å². The third-order valence-corrected chi connectivity index (χ3v) is 4.93. The Hall–Kier alpha value is -0.610. The molecule has 4 heteroatoms. The normalized spacial score (nSPS) is 19.3. The van der Waals surface area contributed by atoms with Gasteiger partial charge >= 0.3 is 0 Å². The summed E-state index contributed by atoms with van der Waals surface area (Å²) in [6.07, 6.45) is 4.67. The van der Waals surface area contributed by atoms with Crippen molar-refractivity contribution in [3.8, 4) is 0 Å². The summed E-state index contributed by atoms with van der Waals surface area (Å²) in [7, 11) is 0.